The fourth-order valence-corrected chi connectivity index (χ4v) is 3.30. The normalized spacial score (nSPS) is 22.7. The quantitative estimate of drug-likeness (QED) is 0.804. The minimum absolute atomic E-state index is 0.0461. The lowest BCUT2D eigenvalue weighted by Gasteiger charge is -2.41. The number of hydrogen-bond donors (Lipinski definition) is 2. The molecule has 3 rings (SSSR count). The Balaban J connectivity index is 1.87. The lowest BCUT2D eigenvalue weighted by molar-refractivity contribution is -0.125. The first-order valence-corrected chi connectivity index (χ1v) is 8.51. The van der Waals surface area contributed by atoms with Crippen LogP contribution >= 0.6 is 0 Å². The first kappa shape index (κ1) is 17.5. The van der Waals surface area contributed by atoms with E-state index in [2.05, 4.69) is 10.4 Å². The van der Waals surface area contributed by atoms with Crippen LogP contribution in [0.4, 0.5) is 5.95 Å². The van der Waals surface area contributed by atoms with Gasteiger partial charge in [0.05, 0.1) is 5.60 Å². The van der Waals surface area contributed by atoms with E-state index in [1.165, 1.54) is 4.68 Å². The highest BCUT2D eigenvalue weighted by atomic mass is 16.3. The molecule has 1 saturated carbocycles. The zero-order valence-corrected chi connectivity index (χ0v) is 15.1. The van der Waals surface area contributed by atoms with E-state index in [-0.39, 0.29) is 24.1 Å². The van der Waals surface area contributed by atoms with Crippen LogP contribution in [0.5, 0.6) is 0 Å². The molecule has 0 bridgehead atoms. The highest BCUT2D eigenvalue weighted by Gasteiger charge is 2.39. The second kappa shape index (κ2) is 6.18. The second-order valence-corrected chi connectivity index (χ2v) is 7.28. The van der Waals surface area contributed by atoms with Gasteiger partial charge in [-0.2, -0.15) is 0 Å². The van der Waals surface area contributed by atoms with Crippen LogP contribution in [0.25, 0.3) is 5.52 Å². The Morgan fingerprint density at radius 2 is 2.16 bits per heavy atom. The Hall–Kier alpha value is -2.35. The summed E-state index contributed by atoms with van der Waals surface area (Å²) in [5.41, 5.74) is 0.559. The van der Waals surface area contributed by atoms with Gasteiger partial charge in [0, 0.05) is 26.3 Å². The molecule has 0 aliphatic heterocycles. The topological polar surface area (TPSA) is 91.9 Å². The first-order valence-electron chi connectivity index (χ1n) is 8.51. The number of nitrogens with zero attached hydrogens (tertiary/aromatic N) is 4. The molecular formula is C17H25N5O3. The number of carbonyl (C=O) groups excluding carboxylic acids is 1. The Kier molecular flexibility index (Phi) is 4.32. The SMILES string of the molecule is CCc1cc2c(=O)n(CC(=O)N[C@H]3C[C@@](C)(O)C3)nc(N(C)C)n2c1. The van der Waals surface area contributed by atoms with Gasteiger partial charge in [-0.25, -0.2) is 4.68 Å². The van der Waals surface area contributed by atoms with E-state index >= 15 is 0 Å². The number of nitrogens with one attached hydrogen (secondary N) is 1. The first-order chi connectivity index (χ1) is 11.7. The summed E-state index contributed by atoms with van der Waals surface area (Å²) in [7, 11) is 3.69. The Morgan fingerprint density at radius 1 is 1.48 bits per heavy atom. The lowest BCUT2D eigenvalue weighted by Crippen LogP contribution is -2.54. The minimum atomic E-state index is -0.702. The monoisotopic (exact) mass is 347 g/mol. The van der Waals surface area contributed by atoms with Crippen molar-refractivity contribution in [2.75, 3.05) is 19.0 Å². The van der Waals surface area contributed by atoms with Gasteiger partial charge in [0.15, 0.2) is 0 Å². The summed E-state index contributed by atoms with van der Waals surface area (Å²) in [6.07, 6.45) is 3.78. The van der Waals surface area contributed by atoms with E-state index < -0.39 is 5.60 Å². The van der Waals surface area contributed by atoms with Crippen LogP contribution in [-0.4, -0.2) is 50.9 Å². The maximum atomic E-state index is 12.7. The van der Waals surface area contributed by atoms with Crippen molar-refractivity contribution in [1.82, 2.24) is 19.5 Å². The molecule has 2 aromatic rings. The van der Waals surface area contributed by atoms with Crippen molar-refractivity contribution >= 4 is 17.4 Å². The summed E-state index contributed by atoms with van der Waals surface area (Å²) in [4.78, 5) is 26.7. The van der Waals surface area contributed by atoms with E-state index in [9.17, 15) is 14.7 Å². The van der Waals surface area contributed by atoms with E-state index in [4.69, 9.17) is 0 Å². The summed E-state index contributed by atoms with van der Waals surface area (Å²) in [6.45, 7) is 3.63. The van der Waals surface area contributed by atoms with Crippen molar-refractivity contribution in [1.29, 1.82) is 0 Å². The van der Waals surface area contributed by atoms with Crippen LogP contribution in [0.1, 0.15) is 32.3 Å². The highest BCUT2D eigenvalue weighted by molar-refractivity contribution is 5.76. The molecule has 2 aromatic heterocycles. The number of aliphatic hydroxyl groups is 1. The van der Waals surface area contributed by atoms with Gasteiger partial charge >= 0.3 is 0 Å². The van der Waals surface area contributed by atoms with E-state index in [0.717, 1.165) is 12.0 Å². The number of fused-ring (bicyclic) bond motifs is 1. The molecule has 1 fully saturated rings. The lowest BCUT2D eigenvalue weighted by atomic mass is 9.77. The Morgan fingerprint density at radius 3 is 2.72 bits per heavy atom. The van der Waals surface area contributed by atoms with Gasteiger partial charge in [-0.05, 0) is 37.8 Å². The molecule has 1 aliphatic rings. The van der Waals surface area contributed by atoms with Crippen molar-refractivity contribution in [3.8, 4) is 0 Å². The Bertz CT molecular complexity index is 857. The van der Waals surface area contributed by atoms with Crippen molar-refractivity contribution in [3.05, 3.63) is 28.2 Å². The molecular weight excluding hydrogens is 322 g/mol. The third-order valence-electron chi connectivity index (χ3n) is 4.59. The van der Waals surface area contributed by atoms with Crippen molar-refractivity contribution in [3.63, 3.8) is 0 Å². The number of rotatable bonds is 5. The van der Waals surface area contributed by atoms with Gasteiger partial charge in [-0.1, -0.05) is 6.92 Å². The van der Waals surface area contributed by atoms with E-state index in [1.54, 1.807) is 11.3 Å². The molecule has 0 unspecified atom stereocenters. The minimum Gasteiger partial charge on any atom is -0.390 e. The van der Waals surface area contributed by atoms with Crippen LogP contribution in [0.3, 0.4) is 0 Å². The molecule has 1 aliphatic carbocycles. The summed E-state index contributed by atoms with van der Waals surface area (Å²) >= 11 is 0. The predicted octanol–water partition coefficient (Wildman–Crippen LogP) is 0.154. The van der Waals surface area contributed by atoms with Crippen LogP contribution in [0.15, 0.2) is 17.1 Å². The largest absolute Gasteiger partial charge is 0.390 e. The average Bonchev–Trinajstić information content (AvgIpc) is 2.92. The molecule has 0 spiro atoms. The van der Waals surface area contributed by atoms with Gasteiger partial charge in [-0.3, -0.25) is 14.0 Å². The molecule has 8 nitrogen and oxygen atoms in total. The summed E-state index contributed by atoms with van der Waals surface area (Å²) in [5, 5.41) is 16.9. The number of amides is 1. The van der Waals surface area contributed by atoms with Gasteiger partial charge in [0.1, 0.15) is 12.1 Å². The van der Waals surface area contributed by atoms with Crippen LogP contribution in [0, 0.1) is 0 Å². The number of aryl methyl sites for hydroxylation is 1. The van der Waals surface area contributed by atoms with Crippen molar-refractivity contribution < 1.29 is 9.90 Å². The van der Waals surface area contributed by atoms with E-state index in [1.807, 2.05) is 38.2 Å². The number of hydrogen-bond acceptors (Lipinski definition) is 5. The Labute approximate surface area is 146 Å². The molecule has 0 atom stereocenters. The molecule has 2 N–H and O–H groups in total. The molecule has 2 heterocycles. The summed E-state index contributed by atoms with van der Waals surface area (Å²) in [6, 6.07) is 1.80. The standard InChI is InChI=1S/C17H25N5O3/c1-5-11-6-13-15(24)22(19-16(20(3)4)21(13)9-11)10-14(23)18-12-7-17(2,25)8-12/h6,9,12,25H,5,7-8,10H2,1-4H3,(H,18,23)/t12-,17+. The summed E-state index contributed by atoms with van der Waals surface area (Å²) < 4.78 is 2.97. The zero-order valence-electron chi connectivity index (χ0n) is 15.1. The number of anilines is 1. The zero-order chi connectivity index (χ0) is 18.4. The molecule has 0 radical (unpaired) electrons. The fraction of sp³-hybridized carbons (Fsp3) is 0.588. The predicted molar refractivity (Wildman–Crippen MR) is 94.9 cm³/mol. The number of aromatic nitrogens is 3. The maximum Gasteiger partial charge on any atom is 0.291 e. The van der Waals surface area contributed by atoms with Crippen molar-refractivity contribution in [2.24, 2.45) is 0 Å². The molecule has 136 valence electrons. The van der Waals surface area contributed by atoms with Gasteiger partial charge in [-0.15, -0.1) is 5.10 Å². The molecule has 1 amide bonds. The average molecular weight is 347 g/mol. The van der Waals surface area contributed by atoms with Crippen LogP contribution in [-0.2, 0) is 17.8 Å². The van der Waals surface area contributed by atoms with Gasteiger partial charge in [0.25, 0.3) is 5.56 Å². The highest BCUT2D eigenvalue weighted by Crippen LogP contribution is 2.31. The maximum absolute atomic E-state index is 12.7. The third kappa shape index (κ3) is 3.39. The molecule has 25 heavy (non-hydrogen) atoms. The molecule has 0 saturated heterocycles. The number of carbonyl (C=O) groups is 1. The fourth-order valence-electron chi connectivity index (χ4n) is 3.30. The third-order valence-corrected chi connectivity index (χ3v) is 4.59. The van der Waals surface area contributed by atoms with Crippen molar-refractivity contribution in [2.45, 2.75) is 51.3 Å². The smallest absolute Gasteiger partial charge is 0.291 e. The van der Waals surface area contributed by atoms with Gasteiger partial charge in [0.2, 0.25) is 11.9 Å². The van der Waals surface area contributed by atoms with Gasteiger partial charge < -0.3 is 15.3 Å². The summed E-state index contributed by atoms with van der Waals surface area (Å²) in [5.74, 6) is 0.320. The molecule has 8 heteroatoms. The van der Waals surface area contributed by atoms with Crippen LogP contribution in [0.2, 0.25) is 0 Å². The van der Waals surface area contributed by atoms with Crippen LogP contribution < -0.4 is 15.8 Å². The second-order valence-electron chi connectivity index (χ2n) is 7.28. The molecule has 0 aromatic carbocycles. The van der Waals surface area contributed by atoms with E-state index in [0.29, 0.717) is 24.3 Å².